The molecule has 7 heteroatoms. The standard InChI is InChI=1S/C18H23FN4O2/c19-14-5-3-4-13(8-14)16(25)10-20-17-9-18(22-12-21-17)23-7-2-1-6-15(23)11-24/h3-5,8-9,12,15-16,24-25H,1-2,6-7,10-11H2,(H,20,21,22). The van der Waals surface area contributed by atoms with Gasteiger partial charge in [0.15, 0.2) is 0 Å². The molecule has 134 valence electrons. The SMILES string of the molecule is OCC1CCCCN1c1cc(NCC(O)c2cccc(F)c2)ncn1. The third-order valence-corrected chi connectivity index (χ3v) is 4.49. The summed E-state index contributed by atoms with van der Waals surface area (Å²) in [6.45, 7) is 1.17. The maximum atomic E-state index is 13.2. The summed E-state index contributed by atoms with van der Waals surface area (Å²) in [5.74, 6) is 0.972. The van der Waals surface area contributed by atoms with E-state index in [-0.39, 0.29) is 25.0 Å². The molecule has 6 nitrogen and oxygen atoms in total. The van der Waals surface area contributed by atoms with Crippen molar-refractivity contribution >= 4 is 11.6 Å². The number of aliphatic hydroxyl groups excluding tert-OH is 2. The number of hydrogen-bond donors (Lipinski definition) is 3. The van der Waals surface area contributed by atoms with Crippen molar-refractivity contribution < 1.29 is 14.6 Å². The maximum Gasteiger partial charge on any atom is 0.134 e. The number of nitrogens with zero attached hydrogens (tertiary/aromatic N) is 3. The van der Waals surface area contributed by atoms with Crippen LogP contribution in [0.1, 0.15) is 30.9 Å². The number of aromatic nitrogens is 2. The zero-order chi connectivity index (χ0) is 17.6. The van der Waals surface area contributed by atoms with Crippen molar-refractivity contribution in [2.75, 3.05) is 29.9 Å². The molecule has 0 radical (unpaired) electrons. The maximum absolute atomic E-state index is 13.2. The molecule has 1 aliphatic rings. The first kappa shape index (κ1) is 17.6. The number of nitrogens with one attached hydrogen (secondary N) is 1. The van der Waals surface area contributed by atoms with Crippen LogP contribution in [-0.2, 0) is 0 Å². The van der Waals surface area contributed by atoms with Gasteiger partial charge in [0.25, 0.3) is 0 Å². The van der Waals surface area contributed by atoms with E-state index in [2.05, 4.69) is 20.2 Å². The van der Waals surface area contributed by atoms with Crippen molar-refractivity contribution in [1.82, 2.24) is 9.97 Å². The van der Waals surface area contributed by atoms with Gasteiger partial charge in [-0.2, -0.15) is 0 Å². The fourth-order valence-electron chi connectivity index (χ4n) is 3.13. The zero-order valence-corrected chi connectivity index (χ0v) is 14.0. The second-order valence-electron chi connectivity index (χ2n) is 6.24. The second kappa shape index (κ2) is 8.22. The molecule has 25 heavy (non-hydrogen) atoms. The van der Waals surface area contributed by atoms with Gasteiger partial charge in [-0.3, -0.25) is 0 Å². The van der Waals surface area contributed by atoms with Crippen molar-refractivity contribution in [3.63, 3.8) is 0 Å². The molecular formula is C18H23FN4O2. The lowest BCUT2D eigenvalue weighted by Crippen LogP contribution is -2.42. The monoisotopic (exact) mass is 346 g/mol. The van der Waals surface area contributed by atoms with Gasteiger partial charge >= 0.3 is 0 Å². The first-order valence-corrected chi connectivity index (χ1v) is 8.54. The van der Waals surface area contributed by atoms with E-state index in [1.54, 1.807) is 12.1 Å². The average molecular weight is 346 g/mol. The Bertz CT molecular complexity index is 700. The first-order valence-electron chi connectivity index (χ1n) is 8.54. The summed E-state index contributed by atoms with van der Waals surface area (Å²) in [7, 11) is 0. The topological polar surface area (TPSA) is 81.5 Å². The molecule has 0 spiro atoms. The lowest BCUT2D eigenvalue weighted by atomic mass is 10.0. The molecule has 1 aromatic heterocycles. The van der Waals surface area contributed by atoms with Gasteiger partial charge in [-0.25, -0.2) is 14.4 Å². The van der Waals surface area contributed by atoms with E-state index in [1.807, 2.05) is 6.07 Å². The van der Waals surface area contributed by atoms with Crippen molar-refractivity contribution in [2.24, 2.45) is 0 Å². The highest BCUT2D eigenvalue weighted by Crippen LogP contribution is 2.24. The van der Waals surface area contributed by atoms with Crippen LogP contribution < -0.4 is 10.2 Å². The number of halogens is 1. The molecule has 1 aliphatic heterocycles. The predicted octanol–water partition coefficient (Wildman–Crippen LogP) is 2.11. The Morgan fingerprint density at radius 3 is 2.96 bits per heavy atom. The number of benzene rings is 1. The highest BCUT2D eigenvalue weighted by Gasteiger charge is 2.23. The molecule has 1 saturated heterocycles. The highest BCUT2D eigenvalue weighted by atomic mass is 19.1. The first-order chi connectivity index (χ1) is 12.2. The number of hydrogen-bond acceptors (Lipinski definition) is 6. The van der Waals surface area contributed by atoms with Gasteiger partial charge in [0.05, 0.1) is 18.8 Å². The van der Waals surface area contributed by atoms with Crippen molar-refractivity contribution in [3.05, 3.63) is 48.0 Å². The van der Waals surface area contributed by atoms with E-state index in [9.17, 15) is 14.6 Å². The summed E-state index contributed by atoms with van der Waals surface area (Å²) in [5.41, 5.74) is 0.512. The third-order valence-electron chi connectivity index (χ3n) is 4.49. The smallest absolute Gasteiger partial charge is 0.134 e. The summed E-state index contributed by atoms with van der Waals surface area (Å²) < 4.78 is 13.2. The van der Waals surface area contributed by atoms with E-state index in [1.165, 1.54) is 18.5 Å². The lowest BCUT2D eigenvalue weighted by molar-refractivity contribution is 0.191. The van der Waals surface area contributed by atoms with Gasteiger partial charge in [-0.05, 0) is 37.0 Å². The van der Waals surface area contributed by atoms with E-state index in [4.69, 9.17) is 0 Å². The molecule has 2 atom stereocenters. The molecule has 2 heterocycles. The Kier molecular flexibility index (Phi) is 5.78. The second-order valence-corrected chi connectivity index (χ2v) is 6.24. The Hall–Kier alpha value is -2.25. The number of piperidine rings is 1. The summed E-state index contributed by atoms with van der Waals surface area (Å²) in [6.07, 6.45) is 3.75. The fraction of sp³-hybridized carbons (Fsp3) is 0.444. The van der Waals surface area contributed by atoms with Gasteiger partial charge in [0, 0.05) is 19.2 Å². The van der Waals surface area contributed by atoms with Crippen molar-refractivity contribution in [2.45, 2.75) is 31.4 Å². The van der Waals surface area contributed by atoms with Gasteiger partial charge < -0.3 is 20.4 Å². The van der Waals surface area contributed by atoms with Gasteiger partial charge in [-0.15, -0.1) is 0 Å². The molecule has 2 unspecified atom stereocenters. The highest BCUT2D eigenvalue weighted by molar-refractivity contribution is 5.49. The number of rotatable bonds is 6. The molecule has 0 amide bonds. The van der Waals surface area contributed by atoms with Crippen LogP contribution in [0.5, 0.6) is 0 Å². The molecule has 3 N–H and O–H groups in total. The molecule has 1 aromatic carbocycles. The summed E-state index contributed by atoms with van der Waals surface area (Å²) in [4.78, 5) is 10.6. The quantitative estimate of drug-likeness (QED) is 0.743. The van der Waals surface area contributed by atoms with Crippen LogP contribution in [0.25, 0.3) is 0 Å². The van der Waals surface area contributed by atoms with Crippen LogP contribution in [0.3, 0.4) is 0 Å². The van der Waals surface area contributed by atoms with Crippen LogP contribution in [-0.4, -0.2) is 45.9 Å². The Morgan fingerprint density at radius 2 is 2.16 bits per heavy atom. The van der Waals surface area contributed by atoms with E-state index in [0.717, 1.165) is 31.6 Å². The molecule has 1 fully saturated rings. The fourth-order valence-corrected chi connectivity index (χ4v) is 3.13. The molecule has 0 bridgehead atoms. The molecule has 3 rings (SSSR count). The molecular weight excluding hydrogens is 323 g/mol. The van der Waals surface area contributed by atoms with Gasteiger partial charge in [0.1, 0.15) is 23.8 Å². The van der Waals surface area contributed by atoms with Crippen LogP contribution in [0.4, 0.5) is 16.0 Å². The Morgan fingerprint density at radius 1 is 1.28 bits per heavy atom. The minimum Gasteiger partial charge on any atom is -0.394 e. The van der Waals surface area contributed by atoms with E-state index in [0.29, 0.717) is 11.4 Å². The van der Waals surface area contributed by atoms with Crippen LogP contribution in [0.2, 0.25) is 0 Å². The Labute approximate surface area is 146 Å². The lowest BCUT2D eigenvalue weighted by Gasteiger charge is -2.35. The van der Waals surface area contributed by atoms with Crippen LogP contribution >= 0.6 is 0 Å². The summed E-state index contributed by atoms with van der Waals surface area (Å²) in [6, 6.07) is 7.80. The number of aliphatic hydroxyl groups is 2. The van der Waals surface area contributed by atoms with Gasteiger partial charge in [-0.1, -0.05) is 12.1 Å². The number of anilines is 2. The Balaban J connectivity index is 1.65. The van der Waals surface area contributed by atoms with E-state index >= 15 is 0 Å². The molecule has 2 aromatic rings. The summed E-state index contributed by atoms with van der Waals surface area (Å²) in [5, 5.41) is 22.8. The van der Waals surface area contributed by atoms with Crippen molar-refractivity contribution in [1.29, 1.82) is 0 Å². The minimum atomic E-state index is -0.839. The summed E-state index contributed by atoms with van der Waals surface area (Å²) >= 11 is 0. The molecule has 0 aliphatic carbocycles. The third kappa shape index (κ3) is 4.43. The largest absolute Gasteiger partial charge is 0.394 e. The predicted molar refractivity (Wildman–Crippen MR) is 94.0 cm³/mol. The van der Waals surface area contributed by atoms with Crippen LogP contribution in [0, 0.1) is 5.82 Å². The van der Waals surface area contributed by atoms with E-state index < -0.39 is 6.10 Å². The normalized spacial score (nSPS) is 18.8. The van der Waals surface area contributed by atoms with Crippen LogP contribution in [0.15, 0.2) is 36.7 Å². The molecule has 0 saturated carbocycles. The zero-order valence-electron chi connectivity index (χ0n) is 14.0. The van der Waals surface area contributed by atoms with Gasteiger partial charge in [0.2, 0.25) is 0 Å². The van der Waals surface area contributed by atoms with Crippen molar-refractivity contribution in [3.8, 4) is 0 Å². The average Bonchev–Trinajstić information content (AvgIpc) is 2.66. The minimum absolute atomic E-state index is 0.0781.